The topological polar surface area (TPSA) is 21.3 Å². The van der Waals surface area contributed by atoms with Gasteiger partial charge in [-0.25, -0.2) is 0 Å². The molecule has 2 heteroatoms. The molecule has 12 heavy (non-hydrogen) atoms. The molecule has 2 aliphatic rings. The summed E-state index contributed by atoms with van der Waals surface area (Å²) < 4.78 is 5.56. The van der Waals surface area contributed by atoms with Gasteiger partial charge in [0.15, 0.2) is 0 Å². The molecule has 2 fully saturated rings. The standard InChI is InChI=1S/C10H19NO/c1-2-5-9(4-1)10-8-12-7-3-6-11-10/h9-11H,1-8H2. The second kappa shape index (κ2) is 4.24. The summed E-state index contributed by atoms with van der Waals surface area (Å²) in [5.74, 6) is 0.906. The lowest BCUT2D eigenvalue weighted by atomic mass is 9.99. The summed E-state index contributed by atoms with van der Waals surface area (Å²) in [6, 6.07) is 0.662. The average Bonchev–Trinajstić information content (AvgIpc) is 2.48. The molecule has 0 spiro atoms. The van der Waals surface area contributed by atoms with Gasteiger partial charge in [-0.2, -0.15) is 0 Å². The van der Waals surface area contributed by atoms with Crippen LogP contribution in [0.1, 0.15) is 32.1 Å². The Kier molecular flexibility index (Phi) is 3.01. The highest BCUT2D eigenvalue weighted by atomic mass is 16.5. The van der Waals surface area contributed by atoms with Gasteiger partial charge in [0.2, 0.25) is 0 Å². The maximum absolute atomic E-state index is 5.56. The van der Waals surface area contributed by atoms with Crippen LogP contribution >= 0.6 is 0 Å². The summed E-state index contributed by atoms with van der Waals surface area (Å²) in [6.45, 7) is 3.06. The highest BCUT2D eigenvalue weighted by Crippen LogP contribution is 2.28. The van der Waals surface area contributed by atoms with E-state index in [1.165, 1.54) is 32.1 Å². The Balaban J connectivity index is 1.83. The summed E-state index contributed by atoms with van der Waals surface area (Å²) in [5.41, 5.74) is 0. The second-order valence-electron chi connectivity index (χ2n) is 4.03. The van der Waals surface area contributed by atoms with Crippen molar-refractivity contribution in [1.29, 1.82) is 0 Å². The van der Waals surface area contributed by atoms with E-state index in [9.17, 15) is 0 Å². The Morgan fingerprint density at radius 3 is 2.75 bits per heavy atom. The number of ether oxygens (including phenoxy) is 1. The first kappa shape index (κ1) is 8.52. The van der Waals surface area contributed by atoms with Gasteiger partial charge in [0, 0.05) is 12.6 Å². The van der Waals surface area contributed by atoms with Crippen LogP contribution < -0.4 is 5.32 Å². The van der Waals surface area contributed by atoms with E-state index in [0.717, 1.165) is 25.7 Å². The van der Waals surface area contributed by atoms with E-state index >= 15 is 0 Å². The smallest absolute Gasteiger partial charge is 0.0622 e. The summed E-state index contributed by atoms with van der Waals surface area (Å²) in [7, 11) is 0. The van der Waals surface area contributed by atoms with Crippen molar-refractivity contribution in [3.63, 3.8) is 0 Å². The summed E-state index contributed by atoms with van der Waals surface area (Å²) in [5, 5.41) is 3.60. The molecule has 1 unspecified atom stereocenters. The summed E-state index contributed by atoms with van der Waals surface area (Å²) >= 11 is 0. The average molecular weight is 169 g/mol. The van der Waals surface area contributed by atoms with Crippen LogP contribution in [0.3, 0.4) is 0 Å². The van der Waals surface area contributed by atoms with Crippen LogP contribution in [0.5, 0.6) is 0 Å². The third-order valence-corrected chi connectivity index (χ3v) is 3.14. The predicted octanol–water partition coefficient (Wildman–Crippen LogP) is 1.56. The fourth-order valence-corrected chi connectivity index (χ4v) is 2.39. The third kappa shape index (κ3) is 1.99. The fourth-order valence-electron chi connectivity index (χ4n) is 2.39. The molecular formula is C10H19NO. The lowest BCUT2D eigenvalue weighted by molar-refractivity contribution is 0.115. The molecule has 0 radical (unpaired) electrons. The van der Waals surface area contributed by atoms with Gasteiger partial charge in [0.05, 0.1) is 6.61 Å². The largest absolute Gasteiger partial charge is 0.380 e. The van der Waals surface area contributed by atoms with Gasteiger partial charge in [0.25, 0.3) is 0 Å². The summed E-state index contributed by atoms with van der Waals surface area (Å²) in [6.07, 6.45) is 6.89. The molecule has 1 heterocycles. The van der Waals surface area contributed by atoms with E-state index in [-0.39, 0.29) is 0 Å². The van der Waals surface area contributed by atoms with Gasteiger partial charge < -0.3 is 10.1 Å². The number of hydrogen-bond donors (Lipinski definition) is 1. The molecule has 0 bridgehead atoms. The number of rotatable bonds is 1. The molecule has 1 aliphatic heterocycles. The first-order chi connectivity index (χ1) is 5.97. The van der Waals surface area contributed by atoms with Crippen LogP contribution in [0.4, 0.5) is 0 Å². The van der Waals surface area contributed by atoms with Crippen LogP contribution in [0.25, 0.3) is 0 Å². The molecule has 1 atom stereocenters. The SMILES string of the molecule is C1CNC(C2CCCC2)COC1. The van der Waals surface area contributed by atoms with Crippen molar-refractivity contribution in [1.82, 2.24) is 5.32 Å². The molecule has 1 saturated heterocycles. The third-order valence-electron chi connectivity index (χ3n) is 3.14. The van der Waals surface area contributed by atoms with Crippen LogP contribution in [-0.2, 0) is 4.74 Å². The summed E-state index contributed by atoms with van der Waals surface area (Å²) in [4.78, 5) is 0. The zero-order valence-corrected chi connectivity index (χ0v) is 7.72. The lowest BCUT2D eigenvalue weighted by Gasteiger charge is -2.21. The molecule has 0 aromatic rings. The molecule has 0 aromatic heterocycles. The lowest BCUT2D eigenvalue weighted by Crippen LogP contribution is -2.37. The molecular weight excluding hydrogens is 150 g/mol. The normalized spacial score (nSPS) is 33.5. The highest BCUT2D eigenvalue weighted by molar-refractivity contribution is 4.81. The van der Waals surface area contributed by atoms with Gasteiger partial charge >= 0.3 is 0 Å². The van der Waals surface area contributed by atoms with Gasteiger partial charge in [-0.15, -0.1) is 0 Å². The molecule has 2 rings (SSSR count). The van der Waals surface area contributed by atoms with Crippen molar-refractivity contribution in [3.8, 4) is 0 Å². The van der Waals surface area contributed by atoms with E-state index in [4.69, 9.17) is 4.74 Å². The van der Waals surface area contributed by atoms with E-state index in [2.05, 4.69) is 5.32 Å². The zero-order valence-electron chi connectivity index (χ0n) is 7.72. The quantitative estimate of drug-likeness (QED) is 0.643. The van der Waals surface area contributed by atoms with Crippen LogP contribution in [0.15, 0.2) is 0 Å². The number of hydrogen-bond acceptors (Lipinski definition) is 2. The zero-order chi connectivity index (χ0) is 8.23. The maximum Gasteiger partial charge on any atom is 0.0622 e. The van der Waals surface area contributed by atoms with Crippen LogP contribution in [0, 0.1) is 5.92 Å². The molecule has 2 nitrogen and oxygen atoms in total. The van der Waals surface area contributed by atoms with E-state index in [0.29, 0.717) is 6.04 Å². The van der Waals surface area contributed by atoms with Crippen molar-refractivity contribution in [2.45, 2.75) is 38.1 Å². The molecule has 0 aromatic carbocycles. The number of nitrogens with one attached hydrogen (secondary N) is 1. The van der Waals surface area contributed by atoms with Crippen LogP contribution in [-0.4, -0.2) is 25.8 Å². The van der Waals surface area contributed by atoms with E-state index < -0.39 is 0 Å². The van der Waals surface area contributed by atoms with Crippen molar-refractivity contribution < 1.29 is 4.74 Å². The van der Waals surface area contributed by atoms with E-state index in [1.807, 2.05) is 0 Å². The molecule has 0 amide bonds. The minimum absolute atomic E-state index is 0.662. The Morgan fingerprint density at radius 1 is 1.08 bits per heavy atom. The highest BCUT2D eigenvalue weighted by Gasteiger charge is 2.25. The minimum Gasteiger partial charge on any atom is -0.380 e. The first-order valence-electron chi connectivity index (χ1n) is 5.28. The van der Waals surface area contributed by atoms with Crippen LogP contribution in [0.2, 0.25) is 0 Å². The van der Waals surface area contributed by atoms with Crippen molar-refractivity contribution in [2.24, 2.45) is 5.92 Å². The fraction of sp³-hybridized carbons (Fsp3) is 1.00. The monoisotopic (exact) mass is 169 g/mol. The van der Waals surface area contributed by atoms with Gasteiger partial charge in [-0.1, -0.05) is 12.8 Å². The Labute approximate surface area is 74.7 Å². The minimum atomic E-state index is 0.662. The van der Waals surface area contributed by atoms with Gasteiger partial charge in [0.1, 0.15) is 0 Å². The van der Waals surface area contributed by atoms with Crippen molar-refractivity contribution in [2.75, 3.05) is 19.8 Å². The molecule has 1 saturated carbocycles. The Morgan fingerprint density at radius 2 is 1.92 bits per heavy atom. The van der Waals surface area contributed by atoms with Gasteiger partial charge in [-0.05, 0) is 31.7 Å². The molecule has 70 valence electrons. The maximum atomic E-state index is 5.56. The first-order valence-corrected chi connectivity index (χ1v) is 5.28. The second-order valence-corrected chi connectivity index (χ2v) is 4.03. The van der Waals surface area contributed by atoms with E-state index in [1.54, 1.807) is 0 Å². The Bertz CT molecular complexity index is 124. The molecule has 1 aliphatic carbocycles. The van der Waals surface area contributed by atoms with Crippen molar-refractivity contribution in [3.05, 3.63) is 0 Å². The Hall–Kier alpha value is -0.0800. The predicted molar refractivity (Wildman–Crippen MR) is 49.2 cm³/mol. The van der Waals surface area contributed by atoms with Gasteiger partial charge in [-0.3, -0.25) is 0 Å². The van der Waals surface area contributed by atoms with Crippen molar-refractivity contribution >= 4 is 0 Å². The molecule has 1 N–H and O–H groups in total.